The van der Waals surface area contributed by atoms with Crippen molar-refractivity contribution in [2.45, 2.75) is 6.42 Å². The van der Waals surface area contributed by atoms with E-state index in [1.54, 1.807) is 24.1 Å². The summed E-state index contributed by atoms with van der Waals surface area (Å²) in [5.74, 6) is 0.0809. The highest BCUT2D eigenvalue weighted by Gasteiger charge is 2.08. The molecule has 0 aliphatic carbocycles. The average Bonchev–Trinajstić information content (AvgIpc) is 2.70. The molecule has 0 aromatic carbocycles. The fourth-order valence-electron chi connectivity index (χ4n) is 1.18. The maximum absolute atomic E-state index is 11.7. The molecule has 3 nitrogen and oxygen atoms in total. The SMILES string of the molecule is O=C(Cc1cncc(Br)c1)c1cncs1. The van der Waals surface area contributed by atoms with Crippen LogP contribution in [-0.4, -0.2) is 15.8 Å². The predicted molar refractivity (Wildman–Crippen MR) is 62.1 cm³/mol. The van der Waals surface area contributed by atoms with E-state index >= 15 is 0 Å². The number of rotatable bonds is 3. The number of halogens is 1. The predicted octanol–water partition coefficient (Wildman–Crippen LogP) is 2.73. The van der Waals surface area contributed by atoms with Crippen LogP contribution >= 0.6 is 27.3 Å². The molecule has 0 aliphatic heterocycles. The molecule has 2 aromatic rings. The molecule has 0 atom stereocenters. The third-order valence-electron chi connectivity index (χ3n) is 1.83. The highest BCUT2D eigenvalue weighted by Crippen LogP contribution is 2.13. The molecule has 2 rings (SSSR count). The summed E-state index contributed by atoms with van der Waals surface area (Å²) in [4.78, 5) is 20.3. The van der Waals surface area contributed by atoms with Crippen LogP contribution in [0.4, 0.5) is 0 Å². The summed E-state index contributed by atoms with van der Waals surface area (Å²) >= 11 is 4.68. The van der Waals surface area contributed by atoms with Crippen molar-refractivity contribution in [2.75, 3.05) is 0 Å². The molecular weight excluding hydrogens is 276 g/mol. The van der Waals surface area contributed by atoms with E-state index in [9.17, 15) is 4.79 Å². The Hall–Kier alpha value is -1.07. The second-order valence-corrected chi connectivity index (χ2v) is 4.78. The number of thiazole rings is 1. The minimum Gasteiger partial charge on any atom is -0.293 e. The van der Waals surface area contributed by atoms with Crippen molar-refractivity contribution >= 4 is 33.0 Å². The van der Waals surface area contributed by atoms with E-state index in [1.165, 1.54) is 11.3 Å². The fourth-order valence-corrected chi connectivity index (χ4v) is 2.15. The quantitative estimate of drug-likeness (QED) is 0.813. The van der Waals surface area contributed by atoms with Gasteiger partial charge in [-0.25, -0.2) is 0 Å². The summed E-state index contributed by atoms with van der Waals surface area (Å²) in [6.07, 6.45) is 5.36. The van der Waals surface area contributed by atoms with E-state index in [0.717, 1.165) is 10.0 Å². The molecule has 0 bridgehead atoms. The molecular formula is C10H7BrN2OS. The van der Waals surface area contributed by atoms with Gasteiger partial charge in [-0.05, 0) is 27.6 Å². The molecule has 2 aromatic heterocycles. The zero-order valence-electron chi connectivity index (χ0n) is 7.68. The van der Waals surface area contributed by atoms with Crippen molar-refractivity contribution in [1.29, 1.82) is 0 Å². The first-order chi connectivity index (χ1) is 7.25. The maximum atomic E-state index is 11.7. The third kappa shape index (κ3) is 2.70. The van der Waals surface area contributed by atoms with Crippen LogP contribution in [0.15, 0.2) is 34.6 Å². The van der Waals surface area contributed by atoms with Gasteiger partial charge >= 0.3 is 0 Å². The van der Waals surface area contributed by atoms with Crippen LogP contribution in [-0.2, 0) is 6.42 Å². The van der Waals surface area contributed by atoms with E-state index in [1.807, 2.05) is 6.07 Å². The minimum absolute atomic E-state index is 0.0809. The van der Waals surface area contributed by atoms with Crippen LogP contribution in [0.2, 0.25) is 0 Å². The number of nitrogens with zero attached hydrogens (tertiary/aromatic N) is 2. The summed E-state index contributed by atoms with van der Waals surface area (Å²) in [5.41, 5.74) is 2.56. The Bertz CT molecular complexity index is 470. The van der Waals surface area contributed by atoms with Crippen LogP contribution in [0.3, 0.4) is 0 Å². The topological polar surface area (TPSA) is 42.9 Å². The van der Waals surface area contributed by atoms with E-state index in [2.05, 4.69) is 25.9 Å². The summed E-state index contributed by atoms with van der Waals surface area (Å²) in [5, 5.41) is 0. The first-order valence-corrected chi connectivity index (χ1v) is 5.94. The van der Waals surface area contributed by atoms with Gasteiger partial charge in [0.2, 0.25) is 0 Å². The van der Waals surface area contributed by atoms with Crippen LogP contribution in [0.25, 0.3) is 0 Å². The van der Waals surface area contributed by atoms with Gasteiger partial charge in [-0.3, -0.25) is 14.8 Å². The van der Waals surface area contributed by atoms with Gasteiger partial charge in [-0.15, -0.1) is 11.3 Å². The Morgan fingerprint density at radius 3 is 2.87 bits per heavy atom. The minimum atomic E-state index is 0.0809. The molecule has 0 fully saturated rings. The van der Waals surface area contributed by atoms with Gasteiger partial charge in [-0.1, -0.05) is 0 Å². The van der Waals surface area contributed by atoms with E-state index in [0.29, 0.717) is 11.3 Å². The van der Waals surface area contributed by atoms with Crippen molar-refractivity contribution in [1.82, 2.24) is 9.97 Å². The van der Waals surface area contributed by atoms with Crippen molar-refractivity contribution in [2.24, 2.45) is 0 Å². The van der Waals surface area contributed by atoms with Gasteiger partial charge in [0, 0.05) is 29.5 Å². The number of ketones is 1. The Morgan fingerprint density at radius 1 is 1.33 bits per heavy atom. The largest absolute Gasteiger partial charge is 0.293 e. The monoisotopic (exact) mass is 282 g/mol. The molecule has 0 saturated heterocycles. The lowest BCUT2D eigenvalue weighted by atomic mass is 10.1. The molecule has 15 heavy (non-hydrogen) atoms. The summed E-state index contributed by atoms with van der Waals surface area (Å²) in [6, 6.07) is 1.89. The van der Waals surface area contributed by atoms with Gasteiger partial charge in [0.15, 0.2) is 5.78 Å². The van der Waals surface area contributed by atoms with Gasteiger partial charge in [0.1, 0.15) is 0 Å². The standard InChI is InChI=1S/C10H7BrN2OS/c11-8-1-7(3-12-4-8)2-9(14)10-5-13-6-15-10/h1,3-6H,2H2. The number of aromatic nitrogens is 2. The molecule has 0 aliphatic rings. The van der Waals surface area contributed by atoms with Crippen molar-refractivity contribution in [3.63, 3.8) is 0 Å². The van der Waals surface area contributed by atoms with Gasteiger partial charge < -0.3 is 0 Å². The lowest BCUT2D eigenvalue weighted by Gasteiger charge is -1.98. The van der Waals surface area contributed by atoms with E-state index in [4.69, 9.17) is 0 Å². The highest BCUT2D eigenvalue weighted by atomic mass is 79.9. The summed E-state index contributed by atoms with van der Waals surface area (Å²) in [6.45, 7) is 0. The normalized spacial score (nSPS) is 10.2. The molecule has 0 spiro atoms. The summed E-state index contributed by atoms with van der Waals surface area (Å²) in [7, 11) is 0. The van der Waals surface area contributed by atoms with Crippen molar-refractivity contribution in [3.8, 4) is 0 Å². The zero-order chi connectivity index (χ0) is 10.7. The van der Waals surface area contributed by atoms with Crippen molar-refractivity contribution in [3.05, 3.63) is 45.1 Å². The number of hydrogen-bond donors (Lipinski definition) is 0. The Kier molecular flexibility index (Phi) is 3.23. The Labute approximate surface area is 99.3 Å². The van der Waals surface area contributed by atoms with Gasteiger partial charge in [0.25, 0.3) is 0 Å². The number of carbonyl (C=O) groups excluding carboxylic acids is 1. The lowest BCUT2D eigenvalue weighted by Crippen LogP contribution is -2.01. The first-order valence-electron chi connectivity index (χ1n) is 4.27. The second kappa shape index (κ2) is 4.63. The van der Waals surface area contributed by atoms with E-state index < -0.39 is 0 Å². The fraction of sp³-hybridized carbons (Fsp3) is 0.100. The maximum Gasteiger partial charge on any atom is 0.178 e. The van der Waals surface area contributed by atoms with E-state index in [-0.39, 0.29) is 5.78 Å². The first kappa shape index (κ1) is 10.4. The summed E-state index contributed by atoms with van der Waals surface area (Å²) < 4.78 is 0.886. The Balaban J connectivity index is 2.13. The number of Topliss-reactive ketones (excluding diaryl/α,β-unsaturated/α-hetero) is 1. The van der Waals surface area contributed by atoms with Crippen LogP contribution < -0.4 is 0 Å². The molecule has 0 amide bonds. The Morgan fingerprint density at radius 2 is 2.20 bits per heavy atom. The lowest BCUT2D eigenvalue weighted by molar-refractivity contribution is 0.0996. The second-order valence-electron chi connectivity index (χ2n) is 2.98. The van der Waals surface area contributed by atoms with Crippen LogP contribution in [0.1, 0.15) is 15.2 Å². The molecule has 0 N–H and O–H groups in total. The number of hydrogen-bond acceptors (Lipinski definition) is 4. The van der Waals surface area contributed by atoms with Crippen LogP contribution in [0, 0.1) is 0 Å². The molecule has 2 heterocycles. The molecule has 0 unspecified atom stereocenters. The highest BCUT2D eigenvalue weighted by molar-refractivity contribution is 9.10. The van der Waals surface area contributed by atoms with Crippen molar-refractivity contribution < 1.29 is 4.79 Å². The molecule has 5 heteroatoms. The molecule has 0 radical (unpaired) electrons. The van der Waals surface area contributed by atoms with Crippen LogP contribution in [0.5, 0.6) is 0 Å². The zero-order valence-corrected chi connectivity index (χ0v) is 10.1. The van der Waals surface area contributed by atoms with Gasteiger partial charge in [-0.2, -0.15) is 0 Å². The molecule has 0 saturated carbocycles. The number of carbonyl (C=O) groups is 1. The average molecular weight is 283 g/mol. The molecule has 76 valence electrons. The number of pyridine rings is 1. The third-order valence-corrected chi connectivity index (χ3v) is 3.08. The van der Waals surface area contributed by atoms with Gasteiger partial charge in [0.05, 0.1) is 10.4 Å². The smallest absolute Gasteiger partial charge is 0.178 e.